The number of carbonyl (C=O) groups excluding carboxylic acids is 2. The van der Waals surface area contributed by atoms with Crippen molar-refractivity contribution in [2.75, 3.05) is 6.54 Å². The SMILES string of the molecule is O=C1CCNC(=O)c2[nH]c(Cc3ccccc3)cc21. The molecule has 1 aliphatic heterocycles. The number of ketones is 1. The second kappa shape index (κ2) is 4.72. The van der Waals surface area contributed by atoms with Crippen LogP contribution in [0.1, 0.15) is 38.5 Å². The van der Waals surface area contributed by atoms with Crippen LogP contribution in [0.2, 0.25) is 0 Å². The first kappa shape index (κ1) is 11.7. The number of Topliss-reactive ketones (excluding diaryl/α,β-unsaturated/α-hetero) is 1. The molecule has 1 amide bonds. The van der Waals surface area contributed by atoms with Gasteiger partial charge >= 0.3 is 0 Å². The minimum absolute atomic E-state index is 0.0175. The Morgan fingerprint density at radius 3 is 2.68 bits per heavy atom. The molecule has 0 saturated heterocycles. The van der Waals surface area contributed by atoms with Gasteiger partial charge in [-0.2, -0.15) is 0 Å². The number of aromatic nitrogens is 1. The lowest BCUT2D eigenvalue weighted by Gasteiger charge is -2.00. The maximum absolute atomic E-state index is 11.9. The molecule has 0 saturated carbocycles. The monoisotopic (exact) mass is 254 g/mol. The third kappa shape index (κ3) is 2.29. The maximum Gasteiger partial charge on any atom is 0.268 e. The number of aromatic amines is 1. The average Bonchev–Trinajstić information content (AvgIpc) is 2.78. The van der Waals surface area contributed by atoms with Crippen LogP contribution >= 0.6 is 0 Å². The van der Waals surface area contributed by atoms with E-state index < -0.39 is 0 Å². The molecule has 2 aromatic rings. The number of benzene rings is 1. The highest BCUT2D eigenvalue weighted by Gasteiger charge is 2.23. The predicted molar refractivity (Wildman–Crippen MR) is 71.3 cm³/mol. The van der Waals surface area contributed by atoms with Crippen LogP contribution in [0.15, 0.2) is 36.4 Å². The number of H-pyrrole nitrogens is 1. The predicted octanol–water partition coefficient (Wildman–Crippen LogP) is 1.92. The van der Waals surface area contributed by atoms with Crippen LogP contribution in [-0.2, 0) is 6.42 Å². The molecule has 2 heterocycles. The Hall–Kier alpha value is -2.36. The Bertz CT molecular complexity index is 595. The van der Waals surface area contributed by atoms with E-state index in [2.05, 4.69) is 10.3 Å². The lowest BCUT2D eigenvalue weighted by molar-refractivity contribution is 0.0951. The molecule has 0 spiro atoms. The molecule has 96 valence electrons. The largest absolute Gasteiger partial charge is 0.354 e. The summed E-state index contributed by atoms with van der Waals surface area (Å²) in [5.41, 5.74) is 2.95. The highest BCUT2D eigenvalue weighted by atomic mass is 16.2. The molecule has 4 nitrogen and oxygen atoms in total. The minimum Gasteiger partial charge on any atom is -0.354 e. The van der Waals surface area contributed by atoms with Crippen molar-refractivity contribution < 1.29 is 9.59 Å². The molecule has 1 aliphatic rings. The van der Waals surface area contributed by atoms with Crippen molar-refractivity contribution in [3.8, 4) is 0 Å². The summed E-state index contributed by atoms with van der Waals surface area (Å²) < 4.78 is 0. The summed E-state index contributed by atoms with van der Waals surface area (Å²) >= 11 is 0. The van der Waals surface area contributed by atoms with E-state index >= 15 is 0 Å². The van der Waals surface area contributed by atoms with Gasteiger partial charge in [-0.1, -0.05) is 30.3 Å². The molecule has 19 heavy (non-hydrogen) atoms. The average molecular weight is 254 g/mol. The van der Waals surface area contributed by atoms with E-state index in [0.29, 0.717) is 30.6 Å². The van der Waals surface area contributed by atoms with Crippen molar-refractivity contribution in [3.63, 3.8) is 0 Å². The Kier molecular flexibility index (Phi) is 2.91. The summed E-state index contributed by atoms with van der Waals surface area (Å²) in [6.45, 7) is 0.411. The lowest BCUT2D eigenvalue weighted by atomic mass is 10.1. The summed E-state index contributed by atoms with van der Waals surface area (Å²) in [6, 6.07) is 11.8. The minimum atomic E-state index is -0.194. The molecule has 2 N–H and O–H groups in total. The summed E-state index contributed by atoms with van der Waals surface area (Å²) in [4.78, 5) is 26.8. The van der Waals surface area contributed by atoms with Crippen molar-refractivity contribution >= 4 is 11.7 Å². The zero-order valence-corrected chi connectivity index (χ0v) is 10.4. The van der Waals surface area contributed by atoms with Crippen LogP contribution in [-0.4, -0.2) is 23.2 Å². The van der Waals surface area contributed by atoms with E-state index in [1.54, 1.807) is 6.07 Å². The van der Waals surface area contributed by atoms with Gasteiger partial charge in [0, 0.05) is 30.6 Å². The second-order valence-electron chi connectivity index (χ2n) is 4.67. The zero-order valence-electron chi connectivity index (χ0n) is 10.4. The van der Waals surface area contributed by atoms with Gasteiger partial charge in [0.2, 0.25) is 0 Å². The first-order chi connectivity index (χ1) is 9.24. The number of hydrogen-bond donors (Lipinski definition) is 2. The normalized spacial score (nSPS) is 14.7. The highest BCUT2D eigenvalue weighted by molar-refractivity contribution is 6.09. The van der Waals surface area contributed by atoms with Gasteiger partial charge in [-0.15, -0.1) is 0 Å². The summed E-state index contributed by atoms with van der Waals surface area (Å²) in [6.07, 6.45) is 1.05. The number of rotatable bonds is 2. The molecule has 0 radical (unpaired) electrons. The van der Waals surface area contributed by atoms with Crippen molar-refractivity contribution in [2.24, 2.45) is 0 Å². The van der Waals surface area contributed by atoms with E-state index in [1.165, 1.54) is 0 Å². The molecule has 0 bridgehead atoms. The fourth-order valence-electron chi connectivity index (χ4n) is 2.33. The van der Waals surface area contributed by atoms with Crippen LogP contribution in [0.5, 0.6) is 0 Å². The first-order valence-electron chi connectivity index (χ1n) is 6.31. The fourth-order valence-corrected chi connectivity index (χ4v) is 2.33. The quantitative estimate of drug-likeness (QED) is 0.860. The molecule has 1 aromatic heterocycles. The fraction of sp³-hybridized carbons (Fsp3) is 0.200. The van der Waals surface area contributed by atoms with Gasteiger partial charge in [0.15, 0.2) is 5.78 Å². The van der Waals surface area contributed by atoms with Crippen LogP contribution in [0.25, 0.3) is 0 Å². The number of carbonyl (C=O) groups is 2. The summed E-state index contributed by atoms with van der Waals surface area (Å²) in [7, 11) is 0. The van der Waals surface area contributed by atoms with Crippen LogP contribution in [0.4, 0.5) is 0 Å². The molecule has 0 aliphatic carbocycles. The van der Waals surface area contributed by atoms with Gasteiger partial charge in [-0.3, -0.25) is 9.59 Å². The van der Waals surface area contributed by atoms with Crippen molar-refractivity contribution in [2.45, 2.75) is 12.8 Å². The molecule has 4 heteroatoms. The molecular formula is C15H14N2O2. The zero-order chi connectivity index (χ0) is 13.2. The number of amides is 1. The molecule has 0 unspecified atom stereocenters. The number of fused-ring (bicyclic) bond motifs is 1. The Balaban J connectivity index is 1.93. The van der Waals surface area contributed by atoms with Gasteiger partial charge in [0.05, 0.1) is 0 Å². The molecule has 1 aromatic carbocycles. The van der Waals surface area contributed by atoms with Crippen LogP contribution in [0.3, 0.4) is 0 Å². The maximum atomic E-state index is 11.9. The lowest BCUT2D eigenvalue weighted by Crippen LogP contribution is -2.23. The Labute approximate surface area is 110 Å². The van der Waals surface area contributed by atoms with Gasteiger partial charge in [0.1, 0.15) is 5.69 Å². The first-order valence-corrected chi connectivity index (χ1v) is 6.31. The number of hydrogen-bond acceptors (Lipinski definition) is 2. The van der Waals surface area contributed by atoms with Crippen LogP contribution < -0.4 is 5.32 Å². The Morgan fingerprint density at radius 1 is 1.11 bits per heavy atom. The van der Waals surface area contributed by atoms with E-state index in [-0.39, 0.29) is 11.7 Å². The van der Waals surface area contributed by atoms with E-state index in [1.807, 2.05) is 30.3 Å². The third-order valence-corrected chi connectivity index (χ3v) is 3.28. The summed E-state index contributed by atoms with van der Waals surface area (Å²) in [5.74, 6) is -0.177. The van der Waals surface area contributed by atoms with E-state index in [0.717, 1.165) is 11.3 Å². The van der Waals surface area contributed by atoms with Crippen molar-refractivity contribution in [1.29, 1.82) is 0 Å². The summed E-state index contributed by atoms with van der Waals surface area (Å²) in [5, 5.41) is 2.72. The van der Waals surface area contributed by atoms with Gasteiger partial charge in [0.25, 0.3) is 5.91 Å². The molecule has 3 rings (SSSR count). The van der Waals surface area contributed by atoms with Gasteiger partial charge in [-0.05, 0) is 11.6 Å². The van der Waals surface area contributed by atoms with E-state index in [4.69, 9.17) is 0 Å². The second-order valence-corrected chi connectivity index (χ2v) is 4.67. The van der Waals surface area contributed by atoms with Gasteiger partial charge < -0.3 is 10.3 Å². The van der Waals surface area contributed by atoms with Gasteiger partial charge in [-0.25, -0.2) is 0 Å². The third-order valence-electron chi connectivity index (χ3n) is 3.28. The molecule has 0 atom stereocenters. The molecule has 0 fully saturated rings. The standard InChI is InChI=1S/C15H14N2O2/c18-13-6-7-16-15(19)14-12(13)9-11(17-14)8-10-4-2-1-3-5-10/h1-5,9,17H,6-8H2,(H,16,19). The van der Waals surface area contributed by atoms with Crippen LogP contribution in [0, 0.1) is 0 Å². The smallest absolute Gasteiger partial charge is 0.268 e. The highest BCUT2D eigenvalue weighted by Crippen LogP contribution is 2.18. The van der Waals surface area contributed by atoms with Crippen molar-refractivity contribution in [1.82, 2.24) is 10.3 Å². The number of nitrogens with one attached hydrogen (secondary N) is 2. The van der Waals surface area contributed by atoms with Crippen molar-refractivity contribution in [3.05, 3.63) is 58.9 Å². The Morgan fingerprint density at radius 2 is 1.89 bits per heavy atom. The topological polar surface area (TPSA) is 62.0 Å². The molecular weight excluding hydrogens is 240 g/mol. The van der Waals surface area contributed by atoms with E-state index in [9.17, 15) is 9.59 Å².